The molecule has 0 N–H and O–H groups in total. The van der Waals surface area contributed by atoms with Crippen LogP contribution in [0, 0.1) is 11.8 Å². The molecule has 0 aliphatic heterocycles. The molecule has 8 nitrogen and oxygen atoms in total. The molecular weight excluding hydrogens is 368 g/mol. The van der Waals surface area contributed by atoms with Crippen LogP contribution in [0.3, 0.4) is 0 Å². The van der Waals surface area contributed by atoms with E-state index in [4.69, 9.17) is 9.72 Å². The molecule has 0 radical (unpaired) electrons. The topological polar surface area (TPSA) is 77.6 Å². The minimum Gasteiger partial charge on any atom is -0.473 e. The van der Waals surface area contributed by atoms with Crippen LogP contribution in [0.5, 0.6) is 5.88 Å². The van der Waals surface area contributed by atoms with Crippen LogP contribution >= 0.6 is 0 Å². The first-order valence-corrected chi connectivity index (χ1v) is 9.74. The molecule has 1 saturated carbocycles. The highest BCUT2D eigenvalue weighted by Gasteiger charge is 2.29. The lowest BCUT2D eigenvalue weighted by molar-refractivity contribution is -0.126. The van der Waals surface area contributed by atoms with Crippen LogP contribution in [-0.2, 0) is 11.8 Å². The minimum atomic E-state index is -0.145. The molecule has 150 valence electrons. The van der Waals surface area contributed by atoms with Gasteiger partial charge in [-0.3, -0.25) is 9.48 Å². The highest BCUT2D eigenvalue weighted by molar-refractivity contribution is 5.93. The molecule has 0 saturated heterocycles. The zero-order chi connectivity index (χ0) is 20.4. The maximum Gasteiger partial charge on any atom is 0.298 e. The molecular formula is C21H24N6O2. The molecule has 1 amide bonds. The second kappa shape index (κ2) is 7.95. The summed E-state index contributed by atoms with van der Waals surface area (Å²) in [5, 5.41) is 8.58. The van der Waals surface area contributed by atoms with Gasteiger partial charge in [-0.1, -0.05) is 5.92 Å². The average Bonchev–Trinajstić information content (AvgIpc) is 3.36. The van der Waals surface area contributed by atoms with Crippen molar-refractivity contribution in [3.05, 3.63) is 30.9 Å². The maximum atomic E-state index is 12.1. The normalized spacial score (nSPS) is 18.9. The Labute approximate surface area is 169 Å². The predicted octanol–water partition coefficient (Wildman–Crippen LogP) is 2.30. The summed E-state index contributed by atoms with van der Waals surface area (Å²) in [6, 6.07) is 2.01. The number of carbonyl (C=O) groups excluding carboxylic acids is 1. The molecule has 3 heterocycles. The highest BCUT2D eigenvalue weighted by Crippen LogP contribution is 2.29. The van der Waals surface area contributed by atoms with Crippen molar-refractivity contribution in [1.82, 2.24) is 29.3 Å². The molecule has 1 aliphatic carbocycles. The first-order valence-electron chi connectivity index (χ1n) is 9.74. The van der Waals surface area contributed by atoms with Crippen molar-refractivity contribution in [3.8, 4) is 29.0 Å². The fourth-order valence-electron chi connectivity index (χ4n) is 3.78. The van der Waals surface area contributed by atoms with Gasteiger partial charge in [-0.25, -0.2) is 9.50 Å². The van der Waals surface area contributed by atoms with Crippen LogP contribution in [0.2, 0.25) is 0 Å². The van der Waals surface area contributed by atoms with E-state index >= 15 is 0 Å². The molecule has 3 aromatic rings. The lowest BCUT2D eigenvalue weighted by Gasteiger charge is -2.34. The van der Waals surface area contributed by atoms with E-state index in [9.17, 15) is 4.79 Å². The Balaban J connectivity index is 1.57. The molecule has 3 aromatic heterocycles. The molecule has 0 bridgehead atoms. The lowest BCUT2D eigenvalue weighted by Crippen LogP contribution is -2.42. The predicted molar refractivity (Wildman–Crippen MR) is 108 cm³/mol. The Hall–Kier alpha value is -3.34. The van der Waals surface area contributed by atoms with Crippen molar-refractivity contribution in [2.24, 2.45) is 7.05 Å². The van der Waals surface area contributed by atoms with Crippen LogP contribution in [0.4, 0.5) is 0 Å². The number of nitrogens with zero attached hydrogens (tertiary/aromatic N) is 6. The third-order valence-corrected chi connectivity index (χ3v) is 5.33. The van der Waals surface area contributed by atoms with Gasteiger partial charge in [0, 0.05) is 38.3 Å². The highest BCUT2D eigenvalue weighted by atomic mass is 16.5. The fourth-order valence-corrected chi connectivity index (χ4v) is 3.78. The zero-order valence-electron chi connectivity index (χ0n) is 16.9. The summed E-state index contributed by atoms with van der Waals surface area (Å²) < 4.78 is 9.86. The van der Waals surface area contributed by atoms with Gasteiger partial charge in [0.15, 0.2) is 0 Å². The quantitative estimate of drug-likeness (QED) is 0.637. The number of aryl methyl sites for hydroxylation is 1. The van der Waals surface area contributed by atoms with Crippen molar-refractivity contribution in [2.75, 3.05) is 7.05 Å². The Morgan fingerprint density at radius 1 is 1.31 bits per heavy atom. The second-order valence-corrected chi connectivity index (χ2v) is 7.35. The van der Waals surface area contributed by atoms with Crippen LogP contribution < -0.4 is 4.74 Å². The van der Waals surface area contributed by atoms with E-state index in [0.29, 0.717) is 5.88 Å². The van der Waals surface area contributed by atoms with Gasteiger partial charge in [0.2, 0.25) is 5.88 Å². The SMILES string of the molecule is CC#CC(=O)N(C)C1CCC[C@H](Oc2nc(-c3cnn(C)c3)cn3nccc23)C1. The standard InChI is InChI=1S/C21H24N6O2/c1-4-6-20(28)26(3)16-7-5-8-17(11-16)29-21-19-9-10-22-27(19)14-18(24-21)15-12-23-25(2)13-15/h9-10,12-14,16-17H,5,7-8,11H2,1-3H3/t16?,17-/m0/s1. The van der Waals surface area contributed by atoms with Crippen LogP contribution in [0.15, 0.2) is 30.9 Å². The van der Waals surface area contributed by atoms with E-state index in [0.717, 1.165) is 42.5 Å². The van der Waals surface area contributed by atoms with Crippen LogP contribution in [0.1, 0.15) is 32.6 Å². The van der Waals surface area contributed by atoms with Gasteiger partial charge < -0.3 is 9.64 Å². The number of fused-ring (bicyclic) bond motifs is 1. The molecule has 8 heteroatoms. The average molecular weight is 392 g/mol. The van der Waals surface area contributed by atoms with E-state index < -0.39 is 0 Å². The van der Waals surface area contributed by atoms with Crippen molar-refractivity contribution in [1.29, 1.82) is 0 Å². The first-order chi connectivity index (χ1) is 14.0. The smallest absolute Gasteiger partial charge is 0.298 e. The molecule has 4 rings (SSSR count). The lowest BCUT2D eigenvalue weighted by atomic mass is 9.92. The summed E-state index contributed by atoms with van der Waals surface area (Å²) in [5.74, 6) is 5.71. The van der Waals surface area contributed by atoms with Gasteiger partial charge >= 0.3 is 0 Å². The van der Waals surface area contributed by atoms with Gasteiger partial charge in [0.05, 0.1) is 24.3 Å². The second-order valence-electron chi connectivity index (χ2n) is 7.35. The first kappa shape index (κ1) is 19.0. The van der Waals surface area contributed by atoms with Crippen molar-refractivity contribution >= 4 is 11.4 Å². The summed E-state index contributed by atoms with van der Waals surface area (Å²) in [6.07, 6.45) is 10.9. The third kappa shape index (κ3) is 3.94. The third-order valence-electron chi connectivity index (χ3n) is 5.33. The summed E-state index contributed by atoms with van der Waals surface area (Å²) >= 11 is 0. The summed E-state index contributed by atoms with van der Waals surface area (Å²) in [6.45, 7) is 1.68. The minimum absolute atomic E-state index is 0.0195. The Bertz CT molecular complexity index is 1090. The van der Waals surface area contributed by atoms with Crippen molar-refractivity contribution in [3.63, 3.8) is 0 Å². The molecule has 0 aromatic carbocycles. The number of aromatic nitrogens is 5. The number of ether oxygens (including phenoxy) is 1. The van der Waals surface area contributed by atoms with Gasteiger partial charge in [-0.2, -0.15) is 10.2 Å². The van der Waals surface area contributed by atoms with E-state index in [-0.39, 0.29) is 18.1 Å². The summed E-state index contributed by atoms with van der Waals surface area (Å²) in [5.41, 5.74) is 2.47. The van der Waals surface area contributed by atoms with Gasteiger partial charge in [0.25, 0.3) is 5.91 Å². The summed E-state index contributed by atoms with van der Waals surface area (Å²) in [4.78, 5) is 18.6. The Kier molecular flexibility index (Phi) is 5.21. The molecule has 1 fully saturated rings. The van der Waals surface area contributed by atoms with Crippen molar-refractivity contribution in [2.45, 2.75) is 44.8 Å². The molecule has 1 unspecified atom stereocenters. The monoisotopic (exact) mass is 392 g/mol. The Morgan fingerprint density at radius 3 is 2.93 bits per heavy atom. The van der Waals surface area contributed by atoms with Gasteiger partial charge in [-0.15, -0.1) is 0 Å². The number of rotatable bonds is 4. The fraction of sp³-hybridized carbons (Fsp3) is 0.429. The van der Waals surface area contributed by atoms with Gasteiger partial charge in [0.1, 0.15) is 11.6 Å². The number of hydrogen-bond acceptors (Lipinski definition) is 5. The van der Waals surface area contributed by atoms with E-state index in [1.54, 1.807) is 33.4 Å². The van der Waals surface area contributed by atoms with Gasteiger partial charge in [-0.05, 0) is 38.2 Å². The molecule has 29 heavy (non-hydrogen) atoms. The largest absolute Gasteiger partial charge is 0.473 e. The molecule has 1 aliphatic rings. The maximum absolute atomic E-state index is 12.1. The summed E-state index contributed by atoms with van der Waals surface area (Å²) in [7, 11) is 3.69. The Morgan fingerprint density at radius 2 is 2.17 bits per heavy atom. The van der Waals surface area contributed by atoms with Crippen LogP contribution in [-0.4, -0.2) is 54.4 Å². The van der Waals surface area contributed by atoms with Crippen molar-refractivity contribution < 1.29 is 9.53 Å². The number of carbonyl (C=O) groups is 1. The molecule has 2 atom stereocenters. The van der Waals surface area contributed by atoms with E-state index in [2.05, 4.69) is 22.0 Å². The zero-order valence-corrected chi connectivity index (χ0v) is 16.9. The molecule has 0 spiro atoms. The van der Waals surface area contributed by atoms with E-state index in [1.165, 1.54) is 0 Å². The van der Waals surface area contributed by atoms with Crippen LogP contribution in [0.25, 0.3) is 16.8 Å². The van der Waals surface area contributed by atoms with E-state index in [1.807, 2.05) is 32.6 Å². The number of hydrogen-bond donors (Lipinski definition) is 0. The number of amides is 1.